The summed E-state index contributed by atoms with van der Waals surface area (Å²) in [5, 5.41) is 0. The molecule has 0 saturated carbocycles. The molecule has 0 radical (unpaired) electrons. The number of likely N-dealkylation sites (N-methyl/N-ethyl adjacent to an activating group) is 1. The third kappa shape index (κ3) is 4.94. The van der Waals surface area contributed by atoms with Crippen LogP contribution in [0.4, 0.5) is 5.69 Å². The molecule has 9 heteroatoms. The van der Waals surface area contributed by atoms with Gasteiger partial charge in [0.05, 0.1) is 17.6 Å². The second-order valence-electron chi connectivity index (χ2n) is 5.67. The molecule has 28 heavy (non-hydrogen) atoms. The first kappa shape index (κ1) is 21.5. The van der Waals surface area contributed by atoms with Crippen LogP contribution in [0.5, 0.6) is 0 Å². The van der Waals surface area contributed by atoms with Crippen LogP contribution in [0.1, 0.15) is 17.3 Å². The van der Waals surface area contributed by atoms with Gasteiger partial charge in [-0.05, 0) is 37.3 Å². The molecular weight excluding hydrogens is 384 g/mol. The number of hydroxylamine groups is 1. The van der Waals surface area contributed by atoms with E-state index >= 15 is 0 Å². The highest BCUT2D eigenvalue weighted by molar-refractivity contribution is 7.89. The first-order valence-electron chi connectivity index (χ1n) is 8.47. The van der Waals surface area contributed by atoms with E-state index in [-0.39, 0.29) is 16.4 Å². The Balaban J connectivity index is 2.09. The van der Waals surface area contributed by atoms with Crippen molar-refractivity contribution in [3.05, 3.63) is 60.2 Å². The standard InChI is InChI=1S/C19H22N2O6S/c1-4-21(16-10-6-5-7-11-16)18(22)14-27-19(23)15-9-8-12-17(13-15)28(24,25)20(2)26-3/h5-13H,4,14H2,1-3H3. The number of hydrogen-bond donors (Lipinski definition) is 0. The lowest BCUT2D eigenvalue weighted by Crippen LogP contribution is -2.34. The van der Waals surface area contributed by atoms with Gasteiger partial charge in [0, 0.05) is 19.3 Å². The van der Waals surface area contributed by atoms with E-state index in [0.717, 1.165) is 0 Å². The molecule has 1 amide bonds. The van der Waals surface area contributed by atoms with Gasteiger partial charge in [0.15, 0.2) is 6.61 Å². The molecule has 150 valence electrons. The van der Waals surface area contributed by atoms with Crippen molar-refractivity contribution in [2.75, 3.05) is 32.2 Å². The van der Waals surface area contributed by atoms with Gasteiger partial charge in [0.2, 0.25) is 0 Å². The third-order valence-electron chi connectivity index (χ3n) is 3.98. The Kier molecular flexibility index (Phi) is 7.27. The quantitative estimate of drug-likeness (QED) is 0.492. The van der Waals surface area contributed by atoms with Crippen LogP contribution < -0.4 is 4.90 Å². The molecule has 0 aliphatic carbocycles. The summed E-state index contributed by atoms with van der Waals surface area (Å²) in [4.78, 5) is 30.7. The summed E-state index contributed by atoms with van der Waals surface area (Å²) in [6.07, 6.45) is 0. The SMILES string of the molecule is CCN(C(=O)COC(=O)c1cccc(S(=O)(=O)N(C)OC)c1)c1ccccc1. The lowest BCUT2D eigenvalue weighted by Gasteiger charge is -2.20. The molecule has 2 aromatic rings. The number of carbonyl (C=O) groups is 2. The Morgan fingerprint density at radius 2 is 1.71 bits per heavy atom. The Morgan fingerprint density at radius 3 is 2.32 bits per heavy atom. The highest BCUT2D eigenvalue weighted by atomic mass is 32.2. The number of esters is 1. The van der Waals surface area contributed by atoms with Crippen LogP contribution in [-0.2, 0) is 24.4 Å². The minimum atomic E-state index is -3.90. The molecule has 8 nitrogen and oxygen atoms in total. The van der Waals surface area contributed by atoms with E-state index < -0.39 is 22.6 Å². The molecule has 0 bridgehead atoms. The summed E-state index contributed by atoms with van der Waals surface area (Å²) >= 11 is 0. The molecular formula is C19H22N2O6S. The molecule has 0 atom stereocenters. The second-order valence-corrected chi connectivity index (χ2v) is 7.61. The summed E-state index contributed by atoms with van der Waals surface area (Å²) in [6, 6.07) is 14.3. The summed E-state index contributed by atoms with van der Waals surface area (Å²) in [6.45, 7) is 1.77. The number of benzene rings is 2. The van der Waals surface area contributed by atoms with Gasteiger partial charge in [-0.25, -0.2) is 13.2 Å². The van der Waals surface area contributed by atoms with Gasteiger partial charge in [-0.1, -0.05) is 28.7 Å². The van der Waals surface area contributed by atoms with Crippen LogP contribution in [0.2, 0.25) is 0 Å². The summed E-state index contributed by atoms with van der Waals surface area (Å²) in [7, 11) is -1.45. The zero-order valence-corrected chi connectivity index (χ0v) is 16.7. The lowest BCUT2D eigenvalue weighted by atomic mass is 10.2. The fourth-order valence-corrected chi connectivity index (χ4v) is 3.45. The zero-order valence-electron chi connectivity index (χ0n) is 15.9. The summed E-state index contributed by atoms with van der Waals surface area (Å²) in [5.41, 5.74) is 0.711. The van der Waals surface area contributed by atoms with E-state index in [9.17, 15) is 18.0 Å². The smallest absolute Gasteiger partial charge is 0.338 e. The van der Waals surface area contributed by atoms with Crippen LogP contribution >= 0.6 is 0 Å². The number of amides is 1. The molecule has 0 aliphatic heterocycles. The van der Waals surface area contributed by atoms with E-state index in [0.29, 0.717) is 16.7 Å². The van der Waals surface area contributed by atoms with Crippen molar-refractivity contribution in [3.63, 3.8) is 0 Å². The normalized spacial score (nSPS) is 11.3. The number of nitrogens with zero attached hydrogens (tertiary/aromatic N) is 2. The average Bonchev–Trinajstić information content (AvgIpc) is 2.72. The molecule has 0 saturated heterocycles. The predicted octanol–water partition coefficient (Wildman–Crippen LogP) is 2.08. The van der Waals surface area contributed by atoms with E-state index in [1.807, 2.05) is 13.0 Å². The van der Waals surface area contributed by atoms with Crippen LogP contribution in [0.3, 0.4) is 0 Å². The molecule has 2 aromatic carbocycles. The summed E-state index contributed by atoms with van der Waals surface area (Å²) < 4.78 is 30.3. The van der Waals surface area contributed by atoms with E-state index in [2.05, 4.69) is 0 Å². The fourth-order valence-electron chi connectivity index (χ4n) is 2.43. The number of anilines is 1. The minimum absolute atomic E-state index is 0.0149. The molecule has 0 aliphatic rings. The van der Waals surface area contributed by atoms with Gasteiger partial charge < -0.3 is 9.64 Å². The van der Waals surface area contributed by atoms with Crippen LogP contribution in [0.25, 0.3) is 0 Å². The van der Waals surface area contributed by atoms with Crippen LogP contribution in [0, 0.1) is 0 Å². The highest BCUT2D eigenvalue weighted by Gasteiger charge is 2.23. The number of carbonyl (C=O) groups excluding carboxylic acids is 2. The van der Waals surface area contributed by atoms with Crippen molar-refractivity contribution < 1.29 is 27.6 Å². The maximum Gasteiger partial charge on any atom is 0.338 e. The lowest BCUT2D eigenvalue weighted by molar-refractivity contribution is -0.121. The first-order valence-corrected chi connectivity index (χ1v) is 9.91. The van der Waals surface area contributed by atoms with E-state index in [1.165, 1.54) is 43.3 Å². The molecule has 0 unspecified atom stereocenters. The van der Waals surface area contributed by atoms with Crippen molar-refractivity contribution in [1.82, 2.24) is 4.47 Å². The third-order valence-corrected chi connectivity index (χ3v) is 5.65. The summed E-state index contributed by atoms with van der Waals surface area (Å²) in [5.74, 6) is -1.18. The second kappa shape index (κ2) is 9.45. The number of rotatable bonds is 8. The topological polar surface area (TPSA) is 93.2 Å². The van der Waals surface area contributed by atoms with E-state index in [4.69, 9.17) is 9.57 Å². The van der Waals surface area contributed by atoms with Crippen LogP contribution in [-0.4, -0.2) is 52.1 Å². The van der Waals surface area contributed by atoms with Crippen molar-refractivity contribution in [3.8, 4) is 0 Å². The molecule has 0 spiro atoms. The number of sulfonamides is 1. The Hall–Kier alpha value is -2.75. The molecule has 0 heterocycles. The predicted molar refractivity (Wildman–Crippen MR) is 103 cm³/mol. The molecule has 0 fully saturated rings. The van der Waals surface area contributed by atoms with Crippen molar-refractivity contribution in [2.24, 2.45) is 0 Å². The number of hydrogen-bond acceptors (Lipinski definition) is 6. The maximum atomic E-state index is 12.4. The van der Waals surface area contributed by atoms with Gasteiger partial charge in [-0.15, -0.1) is 0 Å². The van der Waals surface area contributed by atoms with Crippen LogP contribution in [0.15, 0.2) is 59.5 Å². The van der Waals surface area contributed by atoms with Crippen molar-refractivity contribution >= 4 is 27.6 Å². The molecule has 2 rings (SSSR count). The maximum absolute atomic E-state index is 12.4. The van der Waals surface area contributed by atoms with Crippen molar-refractivity contribution in [2.45, 2.75) is 11.8 Å². The fraction of sp³-hybridized carbons (Fsp3) is 0.263. The average molecular weight is 406 g/mol. The van der Waals surface area contributed by atoms with Gasteiger partial charge in [-0.3, -0.25) is 9.63 Å². The highest BCUT2D eigenvalue weighted by Crippen LogP contribution is 2.17. The largest absolute Gasteiger partial charge is 0.452 e. The number of ether oxygens (including phenoxy) is 1. The minimum Gasteiger partial charge on any atom is -0.452 e. The Bertz CT molecular complexity index is 930. The first-order chi connectivity index (χ1) is 13.3. The van der Waals surface area contributed by atoms with E-state index in [1.54, 1.807) is 24.3 Å². The Morgan fingerprint density at radius 1 is 1.04 bits per heavy atom. The number of para-hydroxylation sites is 1. The van der Waals surface area contributed by atoms with Gasteiger partial charge >= 0.3 is 5.97 Å². The van der Waals surface area contributed by atoms with Gasteiger partial charge in [0.25, 0.3) is 15.9 Å². The van der Waals surface area contributed by atoms with Crippen molar-refractivity contribution in [1.29, 1.82) is 0 Å². The Labute approximate surface area is 164 Å². The molecule has 0 aromatic heterocycles. The molecule has 0 N–H and O–H groups in total. The monoisotopic (exact) mass is 406 g/mol. The van der Waals surface area contributed by atoms with Gasteiger partial charge in [0.1, 0.15) is 0 Å². The van der Waals surface area contributed by atoms with Gasteiger partial charge in [-0.2, -0.15) is 0 Å². The zero-order chi connectivity index (χ0) is 20.7.